The van der Waals surface area contributed by atoms with Gasteiger partial charge in [-0.1, -0.05) is 0 Å². The molecule has 146 valence electrons. The summed E-state index contributed by atoms with van der Waals surface area (Å²) in [6, 6.07) is 2.59. The molecule has 6 nitrogen and oxygen atoms in total. The van der Waals surface area contributed by atoms with Gasteiger partial charge in [-0.05, 0) is 38.0 Å². The maximum atomic E-state index is 13.4. The van der Waals surface area contributed by atoms with Gasteiger partial charge in [0.1, 0.15) is 16.4 Å². The Balaban J connectivity index is 1.98. The standard InChI is InChI=1S/C17H18F3N3O3S/c1-9-3-5-11-14(27(25,26)22-9)8-23(2)15(11)17(24)21-10-4-6-13(18)12(7-10)16(19)20/h4,6-9,16,22H,3,5H2,1-2H3,(H,21,24). The highest BCUT2D eigenvalue weighted by Crippen LogP contribution is 2.29. The van der Waals surface area contributed by atoms with E-state index in [-0.39, 0.29) is 22.3 Å². The maximum Gasteiger partial charge on any atom is 0.272 e. The van der Waals surface area contributed by atoms with Crippen LogP contribution in [0.5, 0.6) is 0 Å². The van der Waals surface area contributed by atoms with Crippen molar-refractivity contribution in [3.8, 4) is 0 Å². The summed E-state index contributed by atoms with van der Waals surface area (Å²) < 4.78 is 67.9. The summed E-state index contributed by atoms with van der Waals surface area (Å²) in [6.07, 6.45) is -0.814. The van der Waals surface area contributed by atoms with Crippen LogP contribution in [-0.4, -0.2) is 24.9 Å². The molecular formula is C17H18F3N3O3S. The summed E-state index contributed by atoms with van der Waals surface area (Å²) in [5.74, 6) is -1.72. The van der Waals surface area contributed by atoms with Crippen molar-refractivity contribution >= 4 is 21.6 Å². The van der Waals surface area contributed by atoms with Crippen molar-refractivity contribution in [1.82, 2.24) is 9.29 Å². The average Bonchev–Trinajstić information content (AvgIpc) is 2.86. The summed E-state index contributed by atoms with van der Waals surface area (Å²) in [4.78, 5) is 12.7. The van der Waals surface area contributed by atoms with Crippen LogP contribution in [-0.2, 0) is 23.5 Å². The van der Waals surface area contributed by atoms with Crippen LogP contribution in [0.2, 0.25) is 0 Å². The highest BCUT2D eigenvalue weighted by Gasteiger charge is 2.31. The maximum absolute atomic E-state index is 13.4. The Morgan fingerprint density at radius 1 is 1.37 bits per heavy atom. The number of rotatable bonds is 3. The van der Waals surface area contributed by atoms with Crippen molar-refractivity contribution in [2.45, 2.75) is 37.1 Å². The number of benzene rings is 1. The number of nitrogens with zero attached hydrogens (tertiary/aromatic N) is 1. The number of carbonyl (C=O) groups is 1. The van der Waals surface area contributed by atoms with Crippen molar-refractivity contribution in [1.29, 1.82) is 0 Å². The van der Waals surface area contributed by atoms with Gasteiger partial charge in [0.25, 0.3) is 12.3 Å². The Morgan fingerprint density at radius 3 is 2.74 bits per heavy atom. The number of amides is 1. The molecule has 10 heteroatoms. The Labute approximate surface area is 154 Å². The normalized spacial score (nSPS) is 18.8. The largest absolute Gasteiger partial charge is 0.345 e. The SMILES string of the molecule is CC1CCc2c(cn(C)c2C(=O)Nc2ccc(F)c(C(F)F)c2)S(=O)(=O)N1. The number of alkyl halides is 2. The summed E-state index contributed by atoms with van der Waals surface area (Å²) in [5.41, 5.74) is -0.343. The van der Waals surface area contributed by atoms with E-state index >= 15 is 0 Å². The molecule has 1 aromatic carbocycles. The summed E-state index contributed by atoms with van der Waals surface area (Å²) in [6.45, 7) is 1.73. The van der Waals surface area contributed by atoms with E-state index in [0.717, 1.165) is 12.1 Å². The summed E-state index contributed by atoms with van der Waals surface area (Å²) in [5, 5.41) is 2.44. The first-order chi connectivity index (χ1) is 12.6. The molecule has 0 bridgehead atoms. The molecule has 1 amide bonds. The van der Waals surface area contributed by atoms with Crippen LogP contribution in [0.25, 0.3) is 0 Å². The van der Waals surface area contributed by atoms with Crippen LogP contribution < -0.4 is 10.0 Å². The monoisotopic (exact) mass is 401 g/mol. The van der Waals surface area contributed by atoms with Crippen molar-refractivity contribution in [3.05, 3.63) is 47.0 Å². The Hall–Kier alpha value is -2.33. The van der Waals surface area contributed by atoms with Gasteiger partial charge in [-0.25, -0.2) is 26.3 Å². The molecule has 0 fully saturated rings. The zero-order valence-corrected chi connectivity index (χ0v) is 15.4. The zero-order chi connectivity index (χ0) is 19.9. The predicted octanol–water partition coefficient (Wildman–Crippen LogP) is 2.97. The number of aromatic nitrogens is 1. The molecule has 2 N–H and O–H groups in total. The smallest absolute Gasteiger partial charge is 0.272 e. The van der Waals surface area contributed by atoms with Gasteiger partial charge in [-0.2, -0.15) is 0 Å². The molecule has 1 aromatic heterocycles. The number of fused-ring (bicyclic) bond motifs is 1. The molecule has 0 saturated heterocycles. The summed E-state index contributed by atoms with van der Waals surface area (Å²) >= 11 is 0. The second kappa shape index (κ2) is 7.01. The lowest BCUT2D eigenvalue weighted by atomic mass is 10.1. The van der Waals surface area contributed by atoms with E-state index in [9.17, 15) is 26.4 Å². The van der Waals surface area contributed by atoms with Gasteiger partial charge < -0.3 is 9.88 Å². The van der Waals surface area contributed by atoms with Crippen molar-refractivity contribution in [2.75, 3.05) is 5.32 Å². The van der Waals surface area contributed by atoms with Gasteiger partial charge in [-0.15, -0.1) is 0 Å². The molecule has 1 aliphatic rings. The van der Waals surface area contributed by atoms with Gasteiger partial charge in [0.2, 0.25) is 10.0 Å². The Bertz CT molecular complexity index is 1000. The predicted molar refractivity (Wildman–Crippen MR) is 92.8 cm³/mol. The third-order valence-electron chi connectivity index (χ3n) is 4.42. The van der Waals surface area contributed by atoms with Crippen LogP contribution >= 0.6 is 0 Å². The van der Waals surface area contributed by atoms with E-state index in [2.05, 4.69) is 10.0 Å². The number of aryl methyl sites for hydroxylation is 1. The number of hydrogen-bond donors (Lipinski definition) is 2. The van der Waals surface area contributed by atoms with Crippen molar-refractivity contribution in [3.63, 3.8) is 0 Å². The minimum Gasteiger partial charge on any atom is -0.345 e. The van der Waals surface area contributed by atoms with E-state index in [1.165, 1.54) is 23.9 Å². The van der Waals surface area contributed by atoms with E-state index in [0.29, 0.717) is 18.4 Å². The number of anilines is 1. The fourth-order valence-electron chi connectivity index (χ4n) is 3.15. The van der Waals surface area contributed by atoms with Crippen molar-refractivity contribution < 1.29 is 26.4 Å². The van der Waals surface area contributed by atoms with Gasteiger partial charge in [0.05, 0.1) is 5.56 Å². The topological polar surface area (TPSA) is 80.2 Å². The average molecular weight is 401 g/mol. The molecule has 0 radical (unpaired) electrons. The van der Waals surface area contributed by atoms with Crippen molar-refractivity contribution in [2.24, 2.45) is 7.05 Å². The fourth-order valence-corrected chi connectivity index (χ4v) is 4.74. The van der Waals surface area contributed by atoms with E-state index in [4.69, 9.17) is 0 Å². The van der Waals surface area contributed by atoms with Crippen LogP contribution in [0, 0.1) is 5.82 Å². The first-order valence-electron chi connectivity index (χ1n) is 8.19. The molecule has 0 saturated carbocycles. The fraction of sp³-hybridized carbons (Fsp3) is 0.353. The molecule has 1 unspecified atom stereocenters. The minimum absolute atomic E-state index is 0.00498. The molecule has 27 heavy (non-hydrogen) atoms. The lowest BCUT2D eigenvalue weighted by Gasteiger charge is -2.11. The highest BCUT2D eigenvalue weighted by molar-refractivity contribution is 7.89. The van der Waals surface area contributed by atoms with Gasteiger partial charge in [-0.3, -0.25) is 4.79 Å². The van der Waals surface area contributed by atoms with E-state index in [1.54, 1.807) is 6.92 Å². The quantitative estimate of drug-likeness (QED) is 0.830. The minimum atomic E-state index is -3.76. The van der Waals surface area contributed by atoms with Crippen LogP contribution in [0.4, 0.5) is 18.9 Å². The van der Waals surface area contributed by atoms with Gasteiger partial charge >= 0.3 is 0 Å². The molecule has 1 atom stereocenters. The number of sulfonamides is 1. The Morgan fingerprint density at radius 2 is 2.07 bits per heavy atom. The molecule has 0 aliphatic carbocycles. The van der Waals surface area contributed by atoms with Crippen LogP contribution in [0.1, 0.15) is 41.4 Å². The van der Waals surface area contributed by atoms with Gasteiger partial charge in [0, 0.05) is 30.5 Å². The number of halogens is 3. The summed E-state index contributed by atoms with van der Waals surface area (Å²) in [7, 11) is -2.23. The first kappa shape index (κ1) is 19.4. The Kier molecular flexibility index (Phi) is 5.04. The highest BCUT2D eigenvalue weighted by atomic mass is 32.2. The molecular weight excluding hydrogens is 383 g/mol. The third-order valence-corrected chi connectivity index (χ3v) is 6.07. The van der Waals surface area contributed by atoms with Gasteiger partial charge in [0.15, 0.2) is 0 Å². The number of nitrogens with one attached hydrogen (secondary N) is 2. The molecule has 2 heterocycles. The molecule has 1 aliphatic heterocycles. The molecule has 2 aromatic rings. The zero-order valence-electron chi connectivity index (χ0n) is 14.6. The first-order valence-corrected chi connectivity index (χ1v) is 9.68. The second-order valence-electron chi connectivity index (χ2n) is 6.48. The third kappa shape index (κ3) is 3.72. The number of hydrogen-bond acceptors (Lipinski definition) is 3. The second-order valence-corrected chi connectivity index (χ2v) is 8.17. The lowest BCUT2D eigenvalue weighted by Crippen LogP contribution is -2.30. The van der Waals surface area contributed by atoms with Crippen LogP contribution in [0.15, 0.2) is 29.3 Å². The van der Waals surface area contributed by atoms with Crippen LogP contribution in [0.3, 0.4) is 0 Å². The van der Waals surface area contributed by atoms with E-state index in [1.807, 2.05) is 0 Å². The number of carbonyl (C=O) groups excluding carboxylic acids is 1. The molecule has 0 spiro atoms. The molecule has 3 rings (SSSR count). The lowest BCUT2D eigenvalue weighted by molar-refractivity contribution is 0.101. The van der Waals surface area contributed by atoms with E-state index < -0.39 is 33.7 Å².